The van der Waals surface area contributed by atoms with Gasteiger partial charge in [-0.2, -0.15) is 38.8 Å². The van der Waals surface area contributed by atoms with E-state index >= 15 is 0 Å². The topological polar surface area (TPSA) is 381 Å². The normalized spacial score (nSPS) is 12.8. The first kappa shape index (κ1) is 48.3. The van der Waals surface area contributed by atoms with Crippen LogP contribution in [0.1, 0.15) is 10.4 Å². The third-order valence-electron chi connectivity index (χ3n) is 10.2. The average molecular weight is 1030 g/mol. The van der Waals surface area contributed by atoms with Crippen LogP contribution in [0, 0.1) is 0 Å². The molecule has 0 bridgehead atoms. The lowest BCUT2D eigenvalue weighted by Gasteiger charge is -2.12. The minimum atomic E-state index is -5.16. The predicted molar refractivity (Wildman–Crippen MR) is 250 cm³/mol. The summed E-state index contributed by atoms with van der Waals surface area (Å²) in [6, 6.07) is 27.6. The van der Waals surface area contributed by atoms with Crippen molar-refractivity contribution in [3.05, 3.63) is 133 Å². The summed E-state index contributed by atoms with van der Waals surface area (Å²) in [7, 11) is -19.9. The molecule has 0 radical (unpaired) electrons. The number of anilines is 2. The number of phenols is 2. The van der Waals surface area contributed by atoms with Crippen LogP contribution >= 0.6 is 0 Å². The lowest BCUT2D eigenvalue weighted by atomic mass is 10.1. The third kappa shape index (κ3) is 10.0. The Labute approximate surface area is 394 Å². The fraction of sp³-hybridized carbons (Fsp3) is 0. The van der Waals surface area contributed by atoms with Gasteiger partial charge >= 0.3 is 5.97 Å². The van der Waals surface area contributed by atoms with Gasteiger partial charge < -0.3 is 20.6 Å². The molecule has 0 aliphatic heterocycles. The first-order chi connectivity index (χ1) is 32.9. The highest BCUT2D eigenvalue weighted by molar-refractivity contribution is 7.86. The molecule has 8 aromatic carbocycles. The Balaban J connectivity index is 1.22. The number of nitrogens with one attached hydrogen (secondary N) is 1. The number of para-hydroxylation sites is 1. The highest BCUT2D eigenvalue weighted by Crippen LogP contribution is 2.44. The number of fused-ring (bicyclic) bond motifs is 3. The quantitative estimate of drug-likeness (QED) is 0.0393. The fourth-order valence-electron chi connectivity index (χ4n) is 7.01. The zero-order valence-electron chi connectivity index (χ0n) is 34.7. The molecule has 356 valence electrons. The van der Waals surface area contributed by atoms with E-state index in [4.69, 9.17) is 0 Å². The molecule has 0 aliphatic carbocycles. The molecule has 0 aliphatic rings. The molecule has 8 aromatic rings. The van der Waals surface area contributed by atoms with Crippen molar-refractivity contribution < 1.29 is 72.0 Å². The van der Waals surface area contributed by atoms with Gasteiger partial charge in [0.15, 0.2) is 11.5 Å². The summed E-state index contributed by atoms with van der Waals surface area (Å²) < 4.78 is 138. The standard InChI is InChI=1S/C43H29N7O16S4/c51-41-33(43(53)54)18-25(19-39(41)70(64,65)66)45-46-34-12-14-36(31-20-26(67(55,56)57)7-10-29(31)34)47-48-37-15-13-35(30-11-8-27(21-32(30)37)68(58,59)60)49-50-40-38(69(61,62)63)17-22-16-24(6-9-28(22)42(40)52)44-23-4-2-1-3-5-23/h1-21,44,51-52H,(H,53,54)(H,55,56,57)(H,58,59,60)(H,61,62,63)(H,64,65,66). The Hall–Kier alpha value is -8.15. The molecule has 0 spiro atoms. The van der Waals surface area contributed by atoms with Crippen molar-refractivity contribution in [3.8, 4) is 11.5 Å². The summed E-state index contributed by atoms with van der Waals surface area (Å²) in [4.78, 5) is 8.48. The van der Waals surface area contributed by atoms with Crippen LogP contribution in [0.3, 0.4) is 0 Å². The van der Waals surface area contributed by atoms with E-state index in [1.54, 1.807) is 30.3 Å². The Morgan fingerprint density at radius 1 is 0.429 bits per heavy atom. The van der Waals surface area contributed by atoms with E-state index in [-0.39, 0.29) is 55.1 Å². The van der Waals surface area contributed by atoms with E-state index in [0.29, 0.717) is 17.4 Å². The smallest absolute Gasteiger partial charge is 0.339 e. The molecular weight excluding hydrogens is 999 g/mol. The van der Waals surface area contributed by atoms with Gasteiger partial charge in [-0.1, -0.05) is 30.3 Å². The van der Waals surface area contributed by atoms with Gasteiger partial charge in [-0.05, 0) is 102 Å². The van der Waals surface area contributed by atoms with Gasteiger partial charge in [-0.3, -0.25) is 18.2 Å². The number of hydrogen-bond acceptors (Lipinski definition) is 18. The van der Waals surface area contributed by atoms with Crippen LogP contribution in [0.25, 0.3) is 32.3 Å². The lowest BCUT2D eigenvalue weighted by molar-refractivity contribution is 0.0693. The SMILES string of the molecule is O=C(O)c1cc(N=Nc2ccc(N=Nc3ccc(N=Nc4c(S(=O)(=O)O)cc5cc(Nc6ccccc6)ccc5c4O)c4ccc(S(=O)(=O)O)cc34)c3cc(S(=O)(=O)O)ccc23)cc(S(=O)(=O)O)c1O. The van der Waals surface area contributed by atoms with Crippen molar-refractivity contribution in [2.45, 2.75) is 19.6 Å². The Bertz CT molecular complexity index is 4100. The molecule has 0 unspecified atom stereocenters. The highest BCUT2D eigenvalue weighted by Gasteiger charge is 2.25. The van der Waals surface area contributed by atoms with Gasteiger partial charge in [0.2, 0.25) is 0 Å². The second kappa shape index (κ2) is 18.1. The minimum absolute atomic E-state index is 0.0567. The van der Waals surface area contributed by atoms with Crippen molar-refractivity contribution >= 4 is 124 Å². The molecule has 0 saturated heterocycles. The molecule has 0 amide bonds. The van der Waals surface area contributed by atoms with E-state index in [1.807, 2.05) is 6.07 Å². The van der Waals surface area contributed by atoms with Gasteiger partial charge in [-0.25, -0.2) is 4.79 Å². The Morgan fingerprint density at radius 2 is 0.914 bits per heavy atom. The maximum atomic E-state index is 12.7. The van der Waals surface area contributed by atoms with Crippen molar-refractivity contribution in [1.82, 2.24) is 0 Å². The predicted octanol–water partition coefficient (Wildman–Crippen LogP) is 10.2. The van der Waals surface area contributed by atoms with Crippen molar-refractivity contribution in [1.29, 1.82) is 0 Å². The second-order valence-corrected chi connectivity index (χ2v) is 20.4. The highest BCUT2D eigenvalue weighted by atomic mass is 32.2. The van der Waals surface area contributed by atoms with Crippen molar-refractivity contribution in [2.24, 2.45) is 30.7 Å². The van der Waals surface area contributed by atoms with E-state index in [0.717, 1.165) is 36.4 Å². The van der Waals surface area contributed by atoms with Gasteiger partial charge in [0.25, 0.3) is 40.5 Å². The Kier molecular flexibility index (Phi) is 12.5. The Morgan fingerprint density at radius 3 is 1.41 bits per heavy atom. The summed E-state index contributed by atoms with van der Waals surface area (Å²) >= 11 is 0. The fourth-order valence-corrected chi connectivity index (χ4v) is 9.30. The zero-order chi connectivity index (χ0) is 50.5. The van der Waals surface area contributed by atoms with E-state index < -0.39 is 94.5 Å². The maximum Gasteiger partial charge on any atom is 0.339 e. The van der Waals surface area contributed by atoms with Gasteiger partial charge in [-0.15, -0.1) is 25.6 Å². The van der Waals surface area contributed by atoms with E-state index in [1.165, 1.54) is 48.5 Å². The largest absolute Gasteiger partial charge is 0.506 e. The summed E-state index contributed by atoms with van der Waals surface area (Å²) in [5.41, 5.74) is -1.21. The summed E-state index contributed by atoms with van der Waals surface area (Å²) in [5.74, 6) is -3.71. The first-order valence-corrected chi connectivity index (χ1v) is 25.1. The summed E-state index contributed by atoms with van der Waals surface area (Å²) in [6.45, 7) is 0. The number of aromatic hydroxyl groups is 2. The van der Waals surface area contributed by atoms with Crippen LogP contribution in [-0.2, 0) is 40.5 Å². The monoisotopic (exact) mass is 1030 g/mol. The van der Waals surface area contributed by atoms with Gasteiger partial charge in [0.1, 0.15) is 21.0 Å². The molecule has 8 N–H and O–H groups in total. The minimum Gasteiger partial charge on any atom is -0.506 e. The van der Waals surface area contributed by atoms with E-state index in [2.05, 4.69) is 36.0 Å². The summed E-state index contributed by atoms with van der Waals surface area (Å²) in [6.07, 6.45) is 0. The number of hydrogen-bond donors (Lipinski definition) is 8. The number of rotatable bonds is 13. The molecule has 0 aromatic heterocycles. The molecule has 8 rings (SSSR count). The van der Waals surface area contributed by atoms with Gasteiger partial charge in [0.05, 0.1) is 38.2 Å². The molecule has 0 atom stereocenters. The number of carbonyl (C=O) groups is 1. The number of carboxylic acids is 1. The number of aromatic carboxylic acids is 1. The molecule has 0 fully saturated rings. The first-order valence-electron chi connectivity index (χ1n) is 19.4. The maximum absolute atomic E-state index is 12.7. The number of benzene rings is 8. The number of phenolic OH excluding ortho intramolecular Hbond substituents is 1. The molecular formula is C43H29N7O16S4. The second-order valence-electron chi connectivity index (χ2n) is 14.8. The lowest BCUT2D eigenvalue weighted by Crippen LogP contribution is -2.04. The molecule has 70 heavy (non-hydrogen) atoms. The molecule has 0 heterocycles. The van der Waals surface area contributed by atoms with Crippen LogP contribution in [0.2, 0.25) is 0 Å². The zero-order valence-corrected chi connectivity index (χ0v) is 38.0. The van der Waals surface area contributed by atoms with Crippen LogP contribution in [-0.4, -0.2) is 73.2 Å². The molecule has 0 saturated carbocycles. The third-order valence-corrected chi connectivity index (χ3v) is 13.7. The molecule has 27 heteroatoms. The van der Waals surface area contributed by atoms with E-state index in [9.17, 15) is 72.0 Å². The van der Waals surface area contributed by atoms with Crippen LogP contribution < -0.4 is 5.32 Å². The van der Waals surface area contributed by atoms with Crippen LogP contribution in [0.5, 0.6) is 11.5 Å². The van der Waals surface area contributed by atoms with Gasteiger partial charge in [0, 0.05) is 38.3 Å². The summed E-state index contributed by atoms with van der Waals surface area (Å²) in [5, 5.41) is 58.9. The van der Waals surface area contributed by atoms with Crippen LogP contribution in [0.15, 0.2) is 178 Å². The molecule has 23 nitrogen and oxygen atoms in total. The number of carboxylic acid groups (broad SMARTS) is 1. The number of nitrogens with zero attached hydrogens (tertiary/aromatic N) is 6. The average Bonchev–Trinajstić information content (AvgIpc) is 3.29. The van der Waals surface area contributed by atoms with Crippen molar-refractivity contribution in [3.63, 3.8) is 0 Å². The number of azo groups is 3. The van der Waals surface area contributed by atoms with Crippen molar-refractivity contribution in [2.75, 3.05) is 5.32 Å². The van der Waals surface area contributed by atoms with Crippen LogP contribution in [0.4, 0.5) is 45.5 Å².